The fourth-order valence-electron chi connectivity index (χ4n) is 2.39. The van der Waals surface area contributed by atoms with Crippen LogP contribution in [-0.2, 0) is 0 Å². The minimum atomic E-state index is 0. The molecule has 0 aliphatic carbocycles. The van der Waals surface area contributed by atoms with E-state index >= 15 is 0 Å². The predicted molar refractivity (Wildman–Crippen MR) is 73.5 cm³/mol. The summed E-state index contributed by atoms with van der Waals surface area (Å²) in [5.74, 6) is 0. The van der Waals surface area contributed by atoms with Gasteiger partial charge in [-0.3, -0.25) is 4.98 Å². The van der Waals surface area contributed by atoms with Crippen molar-refractivity contribution in [2.24, 2.45) is 0 Å². The van der Waals surface area contributed by atoms with Gasteiger partial charge in [-0.05, 0) is 5.39 Å². The van der Waals surface area contributed by atoms with Crippen molar-refractivity contribution in [1.82, 2.24) is 4.98 Å². The Balaban J connectivity index is 0.000001000. The molecule has 1 radical (unpaired) electrons. The molecule has 0 bridgehead atoms. The third-order valence-corrected chi connectivity index (χ3v) is 3.98. The van der Waals surface area contributed by atoms with Crippen LogP contribution in [0.25, 0.3) is 31.8 Å². The Labute approximate surface area is 102 Å². The fourth-order valence-corrected chi connectivity index (χ4v) is 3.22. The molecule has 3 heteroatoms. The largest absolute Gasteiger partial charge is 0.293 e. The van der Waals surface area contributed by atoms with E-state index in [4.69, 9.17) is 0 Å². The quantitative estimate of drug-likeness (QED) is 0.260. The molecule has 18 heavy (non-hydrogen) atoms. The van der Waals surface area contributed by atoms with Crippen LogP contribution in [0.4, 0.5) is 0 Å². The van der Waals surface area contributed by atoms with Gasteiger partial charge < -0.3 is 0 Å². The maximum absolute atomic E-state index is 4.48. The van der Waals surface area contributed by atoms with Crippen molar-refractivity contribution in [3.8, 4) is 0 Å². The molecule has 0 fully saturated rings. The molecule has 1 aromatic heterocycles. The molecule has 0 unspecified atom stereocenters. The molecule has 1 heterocycles. The van der Waals surface area contributed by atoms with Crippen molar-refractivity contribution < 1.29 is 0 Å². The molecule has 0 aliphatic heterocycles. The van der Waals surface area contributed by atoms with E-state index in [1.165, 1.54) is 20.9 Å². The van der Waals surface area contributed by atoms with E-state index in [9.17, 15) is 0 Å². The number of aromatic nitrogens is 1. The zero-order valence-electron chi connectivity index (χ0n) is 9.23. The number of hydrogen-bond donors (Lipinski definition) is 0. The van der Waals surface area contributed by atoms with Crippen LogP contribution >= 0.6 is 11.3 Å². The average Bonchev–Trinajstić information content (AvgIpc) is 2.89. The third kappa shape index (κ3) is 1.13. The second-order valence-electron chi connectivity index (χ2n) is 4.03. The van der Waals surface area contributed by atoms with Gasteiger partial charge in [0.1, 0.15) is 0 Å². The summed E-state index contributed by atoms with van der Waals surface area (Å²) >= 11 is 1.70. The molecule has 0 aliphatic rings. The first kappa shape index (κ1) is 10.2. The molecule has 0 saturated heterocycles. The van der Waals surface area contributed by atoms with Crippen LogP contribution in [0.1, 0.15) is 0 Å². The summed E-state index contributed by atoms with van der Waals surface area (Å²) in [6.07, 6.45) is 0. The van der Waals surface area contributed by atoms with Crippen LogP contribution in [0, 0.1) is 6.07 Å². The van der Waals surface area contributed by atoms with E-state index in [-0.39, 0.29) is 0 Å². The molecule has 4 aromatic rings. The van der Waals surface area contributed by atoms with Gasteiger partial charge >= 0.3 is 0 Å². The second-order valence-corrected chi connectivity index (χ2v) is 4.89. The smallest absolute Gasteiger partial charge is 0.0683 e. The van der Waals surface area contributed by atoms with Crippen molar-refractivity contribution in [3.63, 3.8) is 0 Å². The van der Waals surface area contributed by atoms with Crippen molar-refractivity contribution in [2.75, 3.05) is 0 Å². The van der Waals surface area contributed by atoms with Crippen LogP contribution < -0.4 is 0 Å². The summed E-state index contributed by atoms with van der Waals surface area (Å²) in [4.78, 5) is 4.48. The summed E-state index contributed by atoms with van der Waals surface area (Å²) in [5, 5.41) is 4.94. The van der Waals surface area contributed by atoms with E-state index in [1.807, 2.05) is 17.6 Å². The molecule has 1 nitrogen and oxygen atoms in total. The SMILES string of the molecule is [Lr].[c-]1cccc2c1c1ncsc1c1ccccc21. The second kappa shape index (κ2) is 3.54. The Morgan fingerprint density at radius 2 is 1.72 bits per heavy atom. The van der Waals surface area contributed by atoms with E-state index in [2.05, 4.69) is 41.4 Å². The first-order valence-electron chi connectivity index (χ1n) is 5.49. The molecule has 95 valence electrons. The number of benzene rings is 3. The summed E-state index contributed by atoms with van der Waals surface area (Å²) in [6.45, 7) is 0. The number of fused-ring (bicyclic) bond motifs is 6. The first-order chi connectivity index (χ1) is 8.45. The predicted octanol–water partition coefficient (Wildman–Crippen LogP) is 4.40. The Bertz CT molecular complexity index is 781. The molecule has 0 N–H and O–H groups in total. The first-order valence-corrected chi connectivity index (χ1v) is 6.37. The Morgan fingerprint density at radius 1 is 0.944 bits per heavy atom. The molecule has 0 atom stereocenters. The van der Waals surface area contributed by atoms with Crippen LogP contribution in [0.3, 0.4) is 0 Å². The van der Waals surface area contributed by atoms with Gasteiger partial charge in [-0.1, -0.05) is 35.0 Å². The van der Waals surface area contributed by atoms with Gasteiger partial charge in [-0.2, -0.15) is 0 Å². The number of nitrogens with zero attached hydrogens (tertiary/aromatic N) is 1. The third-order valence-electron chi connectivity index (χ3n) is 3.12. The normalized spacial score (nSPS) is 10.9. The standard InChI is InChI=1S/C15H8NS.Lr/c1-3-7-12-10(5-1)11-6-2-4-8-13(11)15-14(12)16-9-17-15;/h1-6,8-9H;/q-1;. The van der Waals surface area contributed by atoms with E-state index in [0.717, 1.165) is 10.9 Å². The molecular weight excluding hydrogens is 488 g/mol. The zero-order valence-corrected chi connectivity index (χ0v) is 12.2. The van der Waals surface area contributed by atoms with Gasteiger partial charge in [0.15, 0.2) is 0 Å². The van der Waals surface area contributed by atoms with E-state index in [1.54, 1.807) is 11.3 Å². The van der Waals surface area contributed by atoms with Gasteiger partial charge in [0, 0.05) is 10.2 Å². The van der Waals surface area contributed by atoms with E-state index in [0.29, 0.717) is 0 Å². The van der Waals surface area contributed by atoms with Crippen LogP contribution in [0.2, 0.25) is 0 Å². The fraction of sp³-hybridized carbons (Fsp3) is 0. The van der Waals surface area contributed by atoms with Gasteiger partial charge in [0.05, 0.1) is 5.51 Å². The van der Waals surface area contributed by atoms with Crippen molar-refractivity contribution in [1.29, 1.82) is 0 Å². The molecule has 0 amide bonds. The van der Waals surface area contributed by atoms with E-state index < -0.39 is 0 Å². The van der Waals surface area contributed by atoms with Crippen LogP contribution in [-0.4, -0.2) is 4.98 Å². The molecular formula is C15H8LrNS-. The van der Waals surface area contributed by atoms with Crippen molar-refractivity contribution in [2.45, 2.75) is 0 Å². The summed E-state index contributed by atoms with van der Waals surface area (Å²) < 4.78 is 1.26. The Kier molecular flexibility index (Phi) is 2.01. The van der Waals surface area contributed by atoms with Gasteiger partial charge in [0.2, 0.25) is 0 Å². The summed E-state index contributed by atoms with van der Waals surface area (Å²) in [7, 11) is 0. The van der Waals surface area contributed by atoms with Gasteiger partial charge in [-0.15, -0.1) is 41.0 Å². The van der Waals surface area contributed by atoms with Crippen molar-refractivity contribution in [3.05, 3.63) is 54.0 Å². The molecule has 0 saturated carbocycles. The Hall–Kier alpha value is -2.93. The number of hydrogen-bond acceptors (Lipinski definition) is 2. The topological polar surface area (TPSA) is 12.9 Å². The average molecular weight is 496 g/mol. The van der Waals surface area contributed by atoms with Crippen LogP contribution in [0.15, 0.2) is 48.0 Å². The number of thiazole rings is 1. The minimum absolute atomic E-state index is 0. The number of rotatable bonds is 0. The van der Waals surface area contributed by atoms with Gasteiger partial charge in [0.25, 0.3) is 0 Å². The monoisotopic (exact) mass is 496 g/mol. The van der Waals surface area contributed by atoms with Crippen molar-refractivity contribution >= 4 is 43.1 Å². The summed E-state index contributed by atoms with van der Waals surface area (Å²) in [6, 6.07) is 18.0. The maximum Gasteiger partial charge on any atom is 0.0683 e. The summed E-state index contributed by atoms with van der Waals surface area (Å²) in [5.41, 5.74) is 2.99. The zero-order chi connectivity index (χ0) is 11.2. The molecule has 3 aromatic carbocycles. The molecule has 4 rings (SSSR count). The Morgan fingerprint density at radius 3 is 2.61 bits per heavy atom. The maximum atomic E-state index is 4.48. The van der Waals surface area contributed by atoms with Gasteiger partial charge in [-0.25, -0.2) is 0 Å². The molecule has 0 spiro atoms. The minimum Gasteiger partial charge on any atom is -0.293 e. The van der Waals surface area contributed by atoms with Crippen LogP contribution in [0.5, 0.6) is 0 Å².